The number of ether oxygens (including phenoxy) is 3. The van der Waals surface area contributed by atoms with E-state index >= 15 is 0 Å². The minimum atomic E-state index is -0.832. The molecule has 0 saturated carbocycles. The summed E-state index contributed by atoms with van der Waals surface area (Å²) < 4.78 is 16.8. The van der Waals surface area contributed by atoms with Crippen molar-refractivity contribution in [2.75, 3.05) is 13.2 Å². The molecule has 1 unspecified atom stereocenters. The standard InChI is InChI=1S/C74H114O6/c1-4-7-10-13-16-19-22-25-28-31-33-34-35-36-37-38-39-40-42-43-46-49-52-55-58-61-64-67-73(76)79-70-71(69-78-72(75)66-63-60-57-54-51-48-45-30-27-24-21-18-15-12-9-6-3)80-74(77)68-65-62-59-56-53-50-47-44-41-32-29-26-23-20-17-14-11-8-5-2/h7-8,10-11,16-17,19-21,24-26,28-30,33-34,36-37,39-41,43-46,50,52-53,55,71H,4-6,9,12-15,18,22-23,27,31-32,35,38,42,47-49,51,54,56-70H2,1-3H3/b10-7-,11-8-,19-16-,20-17-,24-21-,28-25-,29-26-,34-33-,37-36-,40-39-,44-41-,45-30-,46-43-,53-50-,55-52-. The van der Waals surface area contributed by atoms with Gasteiger partial charge in [0.15, 0.2) is 6.10 Å². The molecule has 0 aliphatic carbocycles. The maximum Gasteiger partial charge on any atom is 0.306 e. The molecule has 0 amide bonds. The van der Waals surface area contributed by atoms with Crippen LogP contribution in [0, 0.1) is 0 Å². The summed E-state index contributed by atoms with van der Waals surface area (Å²) in [5.74, 6) is -1.02. The number of carbonyl (C=O) groups is 3. The first kappa shape index (κ1) is 74.5. The van der Waals surface area contributed by atoms with Crippen LogP contribution in [0.25, 0.3) is 0 Å². The van der Waals surface area contributed by atoms with Gasteiger partial charge in [0.1, 0.15) is 13.2 Å². The number of carbonyl (C=O) groups excluding carboxylic acids is 3. The Balaban J connectivity index is 4.57. The lowest BCUT2D eigenvalue weighted by atomic mass is 10.1. The monoisotopic (exact) mass is 1100 g/mol. The first-order valence-electron chi connectivity index (χ1n) is 31.8. The van der Waals surface area contributed by atoms with Crippen LogP contribution in [0.3, 0.4) is 0 Å². The Hall–Kier alpha value is -5.49. The summed E-state index contributed by atoms with van der Waals surface area (Å²) in [7, 11) is 0. The summed E-state index contributed by atoms with van der Waals surface area (Å²) in [5.41, 5.74) is 0. The van der Waals surface area contributed by atoms with E-state index < -0.39 is 6.10 Å². The van der Waals surface area contributed by atoms with Crippen LogP contribution < -0.4 is 0 Å². The van der Waals surface area contributed by atoms with Gasteiger partial charge in [-0.2, -0.15) is 0 Å². The van der Waals surface area contributed by atoms with Gasteiger partial charge in [-0.15, -0.1) is 0 Å². The van der Waals surface area contributed by atoms with Crippen LogP contribution in [0.1, 0.15) is 245 Å². The van der Waals surface area contributed by atoms with Gasteiger partial charge in [-0.1, -0.05) is 248 Å². The zero-order chi connectivity index (χ0) is 57.8. The second-order valence-electron chi connectivity index (χ2n) is 20.2. The lowest BCUT2D eigenvalue weighted by Crippen LogP contribution is -2.30. The van der Waals surface area contributed by atoms with Crippen LogP contribution in [0.4, 0.5) is 0 Å². The maximum atomic E-state index is 12.9. The molecule has 1 atom stereocenters. The predicted molar refractivity (Wildman–Crippen MR) is 348 cm³/mol. The summed E-state index contributed by atoms with van der Waals surface area (Å²) in [6, 6.07) is 0. The summed E-state index contributed by atoms with van der Waals surface area (Å²) in [5, 5.41) is 0. The van der Waals surface area contributed by atoms with Crippen LogP contribution in [0.2, 0.25) is 0 Å². The molecule has 0 spiro atoms. The van der Waals surface area contributed by atoms with Crippen molar-refractivity contribution < 1.29 is 28.6 Å². The fourth-order valence-electron chi connectivity index (χ4n) is 7.92. The van der Waals surface area contributed by atoms with E-state index in [1.54, 1.807) is 0 Å². The molecule has 0 heterocycles. The molecule has 0 aromatic carbocycles. The van der Waals surface area contributed by atoms with E-state index in [0.29, 0.717) is 19.3 Å². The highest BCUT2D eigenvalue weighted by atomic mass is 16.6. The van der Waals surface area contributed by atoms with Gasteiger partial charge >= 0.3 is 17.9 Å². The molecule has 0 radical (unpaired) electrons. The van der Waals surface area contributed by atoms with Gasteiger partial charge in [0, 0.05) is 19.3 Å². The molecule has 0 aromatic rings. The highest BCUT2D eigenvalue weighted by Gasteiger charge is 2.19. The largest absolute Gasteiger partial charge is 0.462 e. The SMILES string of the molecule is CC/C=C\C/C=C\C/C=C\C/C=C\C/C=C\C/C=C\C/C=C\C/C=C\CCCCC(=O)OCC(COC(=O)CCCCCCC/C=C\C/C=C\CCCCCC)OC(=O)CCCCC/C=C\C/C=C\C/C=C\C/C=C\C/C=C\CC. The molecule has 0 aliphatic rings. The molecule has 6 nitrogen and oxygen atoms in total. The van der Waals surface area contributed by atoms with Crippen molar-refractivity contribution in [1.82, 2.24) is 0 Å². The molecule has 80 heavy (non-hydrogen) atoms. The van der Waals surface area contributed by atoms with Crippen molar-refractivity contribution in [1.29, 1.82) is 0 Å². The van der Waals surface area contributed by atoms with Gasteiger partial charge in [-0.25, -0.2) is 0 Å². The Kier molecular flexibility index (Phi) is 61.5. The molecule has 6 heteroatoms. The van der Waals surface area contributed by atoms with Crippen molar-refractivity contribution in [3.63, 3.8) is 0 Å². The third-order valence-corrected chi connectivity index (χ3v) is 12.6. The molecular formula is C74H114O6. The number of unbranched alkanes of at least 4 members (excludes halogenated alkanes) is 14. The second-order valence-corrected chi connectivity index (χ2v) is 20.2. The molecule has 0 bridgehead atoms. The molecule has 0 saturated heterocycles. The molecule has 446 valence electrons. The first-order valence-corrected chi connectivity index (χ1v) is 31.8. The Morgan fingerprint density at radius 2 is 0.487 bits per heavy atom. The Morgan fingerprint density at radius 3 is 0.800 bits per heavy atom. The molecule has 0 fully saturated rings. The van der Waals surface area contributed by atoms with Crippen molar-refractivity contribution in [3.05, 3.63) is 182 Å². The Bertz CT molecular complexity index is 1890. The average molecular weight is 1100 g/mol. The third-order valence-electron chi connectivity index (χ3n) is 12.6. The van der Waals surface area contributed by atoms with Crippen molar-refractivity contribution in [2.45, 2.75) is 252 Å². The average Bonchev–Trinajstić information content (AvgIpc) is 3.46. The fraction of sp³-hybridized carbons (Fsp3) is 0.554. The van der Waals surface area contributed by atoms with E-state index in [0.717, 1.165) is 161 Å². The van der Waals surface area contributed by atoms with Crippen LogP contribution in [-0.2, 0) is 28.6 Å². The summed E-state index contributed by atoms with van der Waals surface area (Å²) in [6.45, 7) is 6.31. The van der Waals surface area contributed by atoms with Gasteiger partial charge in [0.05, 0.1) is 0 Å². The zero-order valence-electron chi connectivity index (χ0n) is 51.0. The van der Waals surface area contributed by atoms with Gasteiger partial charge in [0.25, 0.3) is 0 Å². The lowest BCUT2D eigenvalue weighted by Gasteiger charge is -2.18. The molecular weight excluding hydrogens is 985 g/mol. The number of esters is 3. The van der Waals surface area contributed by atoms with E-state index in [9.17, 15) is 14.4 Å². The van der Waals surface area contributed by atoms with Crippen LogP contribution in [-0.4, -0.2) is 37.2 Å². The van der Waals surface area contributed by atoms with E-state index in [-0.39, 0.29) is 44.0 Å². The van der Waals surface area contributed by atoms with Crippen molar-refractivity contribution >= 4 is 17.9 Å². The summed E-state index contributed by atoms with van der Waals surface area (Å²) in [4.78, 5) is 38.3. The Morgan fingerprint density at radius 1 is 0.263 bits per heavy atom. The van der Waals surface area contributed by atoms with Crippen LogP contribution in [0.15, 0.2) is 182 Å². The lowest BCUT2D eigenvalue weighted by molar-refractivity contribution is -0.167. The predicted octanol–water partition coefficient (Wildman–Crippen LogP) is 22.0. The molecule has 0 N–H and O–H groups in total. The normalized spacial score (nSPS) is 13.4. The van der Waals surface area contributed by atoms with Gasteiger partial charge < -0.3 is 14.2 Å². The van der Waals surface area contributed by atoms with E-state index in [4.69, 9.17) is 14.2 Å². The first-order chi connectivity index (χ1) is 39.5. The highest BCUT2D eigenvalue weighted by molar-refractivity contribution is 5.71. The zero-order valence-corrected chi connectivity index (χ0v) is 51.0. The van der Waals surface area contributed by atoms with Crippen LogP contribution in [0.5, 0.6) is 0 Å². The minimum absolute atomic E-state index is 0.122. The molecule has 0 aromatic heterocycles. The summed E-state index contributed by atoms with van der Waals surface area (Å²) in [6.07, 6.45) is 98.9. The van der Waals surface area contributed by atoms with Gasteiger partial charge in [0.2, 0.25) is 0 Å². The minimum Gasteiger partial charge on any atom is -0.462 e. The smallest absolute Gasteiger partial charge is 0.306 e. The summed E-state index contributed by atoms with van der Waals surface area (Å²) >= 11 is 0. The second kappa shape index (κ2) is 66.0. The molecule has 0 aliphatic heterocycles. The number of rotatable bonds is 55. The number of allylic oxidation sites excluding steroid dienone is 30. The quantitative estimate of drug-likeness (QED) is 0.0261. The number of hydrogen-bond acceptors (Lipinski definition) is 6. The van der Waals surface area contributed by atoms with E-state index in [1.165, 1.54) is 32.1 Å². The van der Waals surface area contributed by atoms with Crippen LogP contribution >= 0.6 is 0 Å². The number of hydrogen-bond donors (Lipinski definition) is 0. The third kappa shape index (κ3) is 63.3. The Labute approximate surface area is 491 Å². The van der Waals surface area contributed by atoms with Crippen molar-refractivity contribution in [3.8, 4) is 0 Å². The van der Waals surface area contributed by atoms with E-state index in [1.807, 2.05) is 0 Å². The highest BCUT2D eigenvalue weighted by Crippen LogP contribution is 2.12. The van der Waals surface area contributed by atoms with Crippen molar-refractivity contribution in [2.24, 2.45) is 0 Å². The van der Waals surface area contributed by atoms with Gasteiger partial charge in [-0.05, 0) is 161 Å². The maximum absolute atomic E-state index is 12.9. The topological polar surface area (TPSA) is 78.9 Å². The van der Waals surface area contributed by atoms with E-state index in [2.05, 4.69) is 203 Å². The van der Waals surface area contributed by atoms with Gasteiger partial charge in [-0.3, -0.25) is 14.4 Å². The fourth-order valence-corrected chi connectivity index (χ4v) is 7.92. The molecule has 0 rings (SSSR count).